The zero-order chi connectivity index (χ0) is 20.2. The zero-order valence-corrected chi connectivity index (χ0v) is 16.2. The Hall–Kier alpha value is -3.25. The van der Waals surface area contributed by atoms with E-state index in [1.165, 1.54) is 0 Å². The van der Waals surface area contributed by atoms with Crippen LogP contribution in [0.2, 0.25) is 0 Å². The quantitative estimate of drug-likeness (QED) is 0.500. The van der Waals surface area contributed by atoms with Gasteiger partial charge in [-0.3, -0.25) is 0 Å². The number of aromatic nitrogens is 3. The Bertz CT molecular complexity index is 1140. The van der Waals surface area contributed by atoms with Gasteiger partial charge in [-0.25, -0.2) is 14.4 Å². The molecule has 2 aromatic carbocycles. The summed E-state index contributed by atoms with van der Waals surface area (Å²) in [5.74, 6) is 1.16. The van der Waals surface area contributed by atoms with E-state index in [1.807, 2.05) is 49.4 Å². The van der Waals surface area contributed by atoms with E-state index >= 15 is 0 Å². The van der Waals surface area contributed by atoms with E-state index in [-0.39, 0.29) is 19.0 Å². The molecule has 2 heterocycles. The molecule has 2 N–H and O–H groups in total. The first-order valence-corrected chi connectivity index (χ1v) is 9.52. The molecule has 0 aliphatic heterocycles. The lowest BCUT2D eigenvalue weighted by atomic mass is 10.1. The highest BCUT2D eigenvalue weighted by Crippen LogP contribution is 2.23. The van der Waals surface area contributed by atoms with E-state index in [1.54, 1.807) is 12.3 Å². The van der Waals surface area contributed by atoms with E-state index in [9.17, 15) is 4.39 Å². The molecule has 0 unspecified atom stereocenters. The lowest BCUT2D eigenvalue weighted by molar-refractivity contribution is 0.201. The van der Waals surface area contributed by atoms with Crippen molar-refractivity contribution < 1.29 is 14.2 Å². The average Bonchev–Trinajstić information content (AvgIpc) is 3.10. The third-order valence-corrected chi connectivity index (χ3v) is 4.71. The van der Waals surface area contributed by atoms with Crippen LogP contribution in [0.15, 0.2) is 54.7 Å². The van der Waals surface area contributed by atoms with Gasteiger partial charge in [-0.2, -0.15) is 0 Å². The third kappa shape index (κ3) is 4.43. The lowest BCUT2D eigenvalue weighted by Crippen LogP contribution is -2.03. The minimum atomic E-state index is -0.208. The number of fused-ring (bicyclic) bond motifs is 1. The molecule has 0 fully saturated rings. The van der Waals surface area contributed by atoms with Gasteiger partial charge in [0.05, 0.1) is 6.61 Å². The normalized spacial score (nSPS) is 11.1. The molecule has 0 radical (unpaired) electrons. The van der Waals surface area contributed by atoms with Crippen LogP contribution in [0.25, 0.3) is 10.9 Å². The fourth-order valence-electron chi connectivity index (χ4n) is 3.40. The fraction of sp³-hybridized carbons (Fsp3) is 0.217. The van der Waals surface area contributed by atoms with E-state index in [2.05, 4.69) is 15.0 Å². The number of aliphatic hydroxyl groups is 1. The first-order chi connectivity index (χ1) is 14.1. The molecule has 0 spiro atoms. The second-order valence-electron chi connectivity index (χ2n) is 6.99. The Kier molecular flexibility index (Phi) is 5.53. The SMILES string of the molecule is Cc1cc2c(F)c(Cc3ccnc(Cc4cccc(OCCO)c4)n3)ccc2[nH]1. The van der Waals surface area contributed by atoms with Crippen LogP contribution >= 0.6 is 0 Å². The van der Waals surface area contributed by atoms with Crippen molar-refractivity contribution in [2.45, 2.75) is 19.8 Å². The van der Waals surface area contributed by atoms with Crippen LogP contribution in [0, 0.1) is 12.7 Å². The Morgan fingerprint density at radius 2 is 2.00 bits per heavy atom. The maximum atomic E-state index is 14.9. The summed E-state index contributed by atoms with van der Waals surface area (Å²) in [6, 6.07) is 15.0. The Morgan fingerprint density at radius 3 is 2.86 bits per heavy atom. The highest BCUT2D eigenvalue weighted by Gasteiger charge is 2.11. The van der Waals surface area contributed by atoms with Crippen LogP contribution in [-0.4, -0.2) is 33.3 Å². The molecule has 0 amide bonds. The van der Waals surface area contributed by atoms with Crippen LogP contribution in [0.1, 0.15) is 28.3 Å². The number of benzene rings is 2. The van der Waals surface area contributed by atoms with Gasteiger partial charge in [0.1, 0.15) is 24.0 Å². The van der Waals surface area contributed by atoms with Crippen molar-refractivity contribution in [3.05, 3.63) is 88.9 Å². The van der Waals surface area contributed by atoms with Crippen LogP contribution in [0.3, 0.4) is 0 Å². The van der Waals surface area contributed by atoms with Crippen molar-refractivity contribution in [1.29, 1.82) is 0 Å². The number of aliphatic hydroxyl groups excluding tert-OH is 1. The molecule has 0 aliphatic rings. The molecule has 0 bridgehead atoms. The monoisotopic (exact) mass is 391 g/mol. The molecule has 4 aromatic rings. The van der Waals surface area contributed by atoms with Crippen LogP contribution in [0.5, 0.6) is 5.75 Å². The molecule has 4 rings (SSSR count). The van der Waals surface area contributed by atoms with Gasteiger partial charge < -0.3 is 14.8 Å². The van der Waals surface area contributed by atoms with Crippen LogP contribution in [-0.2, 0) is 12.8 Å². The predicted molar refractivity (Wildman–Crippen MR) is 110 cm³/mol. The highest BCUT2D eigenvalue weighted by atomic mass is 19.1. The fourth-order valence-corrected chi connectivity index (χ4v) is 3.40. The van der Waals surface area contributed by atoms with Crippen molar-refractivity contribution in [3.63, 3.8) is 0 Å². The summed E-state index contributed by atoms with van der Waals surface area (Å²) >= 11 is 0. The number of aromatic amines is 1. The average molecular weight is 391 g/mol. The summed E-state index contributed by atoms with van der Waals surface area (Å²) in [5.41, 5.74) is 4.13. The zero-order valence-electron chi connectivity index (χ0n) is 16.2. The summed E-state index contributed by atoms with van der Waals surface area (Å²) in [4.78, 5) is 12.1. The summed E-state index contributed by atoms with van der Waals surface area (Å²) in [6.07, 6.45) is 2.66. The number of hydrogen-bond acceptors (Lipinski definition) is 4. The van der Waals surface area contributed by atoms with Gasteiger partial charge in [0.25, 0.3) is 0 Å². The Morgan fingerprint density at radius 1 is 1.10 bits per heavy atom. The Balaban J connectivity index is 1.53. The van der Waals surface area contributed by atoms with E-state index < -0.39 is 0 Å². The smallest absolute Gasteiger partial charge is 0.136 e. The Labute approximate surface area is 168 Å². The first kappa shape index (κ1) is 19.1. The molecule has 5 nitrogen and oxygen atoms in total. The molecule has 0 saturated carbocycles. The lowest BCUT2D eigenvalue weighted by Gasteiger charge is -2.08. The minimum absolute atomic E-state index is 0.0277. The van der Waals surface area contributed by atoms with Gasteiger partial charge in [0, 0.05) is 41.3 Å². The van der Waals surface area contributed by atoms with Crippen molar-refractivity contribution in [1.82, 2.24) is 15.0 Å². The summed E-state index contributed by atoms with van der Waals surface area (Å²) in [6.45, 7) is 2.14. The van der Waals surface area contributed by atoms with Gasteiger partial charge in [-0.05, 0) is 48.4 Å². The minimum Gasteiger partial charge on any atom is -0.491 e. The van der Waals surface area contributed by atoms with E-state index in [0.29, 0.717) is 35.4 Å². The molecule has 148 valence electrons. The highest BCUT2D eigenvalue weighted by molar-refractivity contribution is 5.82. The van der Waals surface area contributed by atoms with Gasteiger partial charge in [-0.1, -0.05) is 18.2 Å². The molecular formula is C23H22FN3O2. The number of halogens is 1. The first-order valence-electron chi connectivity index (χ1n) is 9.52. The van der Waals surface area contributed by atoms with E-state index in [4.69, 9.17) is 9.84 Å². The van der Waals surface area contributed by atoms with Crippen molar-refractivity contribution in [3.8, 4) is 5.75 Å². The predicted octanol–water partition coefficient (Wildman–Crippen LogP) is 3.96. The third-order valence-electron chi connectivity index (χ3n) is 4.71. The summed E-state index contributed by atoms with van der Waals surface area (Å²) < 4.78 is 20.3. The van der Waals surface area contributed by atoms with Crippen molar-refractivity contribution in [2.24, 2.45) is 0 Å². The second-order valence-corrected chi connectivity index (χ2v) is 6.99. The molecular weight excluding hydrogens is 369 g/mol. The topological polar surface area (TPSA) is 71.0 Å². The van der Waals surface area contributed by atoms with Gasteiger partial charge in [-0.15, -0.1) is 0 Å². The van der Waals surface area contributed by atoms with Gasteiger partial charge >= 0.3 is 0 Å². The number of ether oxygens (including phenoxy) is 1. The van der Waals surface area contributed by atoms with Crippen LogP contribution < -0.4 is 4.74 Å². The number of rotatable bonds is 7. The summed E-state index contributed by atoms with van der Waals surface area (Å²) in [5, 5.41) is 9.49. The maximum absolute atomic E-state index is 14.9. The molecule has 29 heavy (non-hydrogen) atoms. The van der Waals surface area contributed by atoms with Crippen molar-refractivity contribution in [2.75, 3.05) is 13.2 Å². The number of nitrogens with zero attached hydrogens (tertiary/aromatic N) is 2. The standard InChI is InChI=1S/C23H22FN3O2/c1-15-11-20-21(26-15)6-5-17(23(20)24)14-18-7-8-25-22(27-18)13-16-3-2-4-19(12-16)29-10-9-28/h2-8,11-12,26,28H,9-10,13-14H2,1H3. The molecule has 0 saturated heterocycles. The molecule has 0 atom stereocenters. The number of hydrogen-bond donors (Lipinski definition) is 2. The largest absolute Gasteiger partial charge is 0.491 e. The second kappa shape index (κ2) is 8.41. The molecule has 0 aliphatic carbocycles. The van der Waals surface area contributed by atoms with Crippen molar-refractivity contribution >= 4 is 10.9 Å². The maximum Gasteiger partial charge on any atom is 0.136 e. The summed E-state index contributed by atoms with van der Waals surface area (Å²) in [7, 11) is 0. The number of aryl methyl sites for hydroxylation is 1. The number of H-pyrrole nitrogens is 1. The van der Waals surface area contributed by atoms with Crippen LogP contribution in [0.4, 0.5) is 4.39 Å². The molecule has 6 heteroatoms. The van der Waals surface area contributed by atoms with Gasteiger partial charge in [0.2, 0.25) is 0 Å². The van der Waals surface area contributed by atoms with E-state index in [0.717, 1.165) is 22.5 Å². The van der Waals surface area contributed by atoms with Gasteiger partial charge in [0.15, 0.2) is 0 Å². The number of nitrogens with one attached hydrogen (secondary N) is 1. The molecule has 2 aromatic heterocycles.